The fraction of sp³-hybridized carbons (Fsp3) is 0.250. The van der Waals surface area contributed by atoms with Crippen LogP contribution in [0.15, 0.2) is 48.5 Å². The van der Waals surface area contributed by atoms with E-state index in [0.717, 1.165) is 17.5 Å². The smallest absolute Gasteiger partial charge is 0.189 e. The molecule has 2 nitrogen and oxygen atoms in total. The summed E-state index contributed by atoms with van der Waals surface area (Å²) < 4.78 is 10.9. The summed E-state index contributed by atoms with van der Waals surface area (Å²) in [6, 6.07) is 15.4. The largest absolute Gasteiger partial charge is 0.346 e. The summed E-state index contributed by atoms with van der Waals surface area (Å²) in [4.78, 5) is 9.01. The molecule has 2 rings (SSSR count). The molecule has 0 amide bonds. The highest BCUT2D eigenvalue weighted by Gasteiger charge is 2.19. The van der Waals surface area contributed by atoms with E-state index in [-0.39, 0.29) is 5.92 Å². The summed E-state index contributed by atoms with van der Waals surface area (Å²) in [6.07, 6.45) is 1.73. The lowest BCUT2D eigenvalue weighted by atomic mass is 9.87. The second kappa shape index (κ2) is 8.00. The molecule has 0 aliphatic rings. The van der Waals surface area contributed by atoms with Gasteiger partial charge < -0.3 is 4.89 Å². The highest BCUT2D eigenvalue weighted by molar-refractivity contribution is 7.37. The lowest BCUT2D eigenvalue weighted by Crippen LogP contribution is -2.03. The van der Waals surface area contributed by atoms with Gasteiger partial charge in [-0.15, -0.1) is 0 Å². The molecule has 0 fully saturated rings. The lowest BCUT2D eigenvalue weighted by Gasteiger charge is -2.20. The van der Waals surface area contributed by atoms with E-state index in [9.17, 15) is 4.57 Å². The van der Waals surface area contributed by atoms with Gasteiger partial charge >= 0.3 is 0 Å². The maximum atomic E-state index is 10.9. The van der Waals surface area contributed by atoms with Crippen molar-refractivity contribution in [2.45, 2.75) is 18.8 Å². The Hall–Kier alpha value is -0.790. The van der Waals surface area contributed by atoms with Crippen molar-refractivity contribution in [1.29, 1.82) is 0 Å². The average Bonchev–Trinajstić information content (AvgIpc) is 2.45. The Balaban J connectivity index is 2.33. The molecule has 1 atom stereocenters. The summed E-state index contributed by atoms with van der Waals surface area (Å²) >= 11 is 12.6. The molecule has 5 heteroatoms. The van der Waals surface area contributed by atoms with Crippen LogP contribution >= 0.6 is 31.2 Å². The maximum Gasteiger partial charge on any atom is 0.189 e. The molecule has 2 aromatic rings. The van der Waals surface area contributed by atoms with Crippen LogP contribution < -0.4 is 0 Å². The van der Waals surface area contributed by atoms with Crippen LogP contribution in [0.1, 0.15) is 29.9 Å². The maximum absolute atomic E-state index is 10.9. The van der Waals surface area contributed by atoms with Crippen LogP contribution in [0.5, 0.6) is 0 Å². The Bertz CT molecular complexity index is 586. The van der Waals surface area contributed by atoms with Crippen LogP contribution in [0.2, 0.25) is 10.0 Å². The Labute approximate surface area is 135 Å². The van der Waals surface area contributed by atoms with Crippen LogP contribution in [0, 0.1) is 0 Å². The number of hydrogen-bond acceptors (Lipinski definition) is 1. The van der Waals surface area contributed by atoms with Gasteiger partial charge in [-0.3, -0.25) is 4.57 Å². The summed E-state index contributed by atoms with van der Waals surface area (Å²) in [5.41, 5.74) is 2.01. The van der Waals surface area contributed by atoms with Crippen LogP contribution in [-0.4, -0.2) is 11.1 Å². The Morgan fingerprint density at radius 3 is 1.86 bits per heavy atom. The molecule has 112 valence electrons. The van der Waals surface area contributed by atoms with E-state index in [0.29, 0.717) is 22.6 Å². The predicted octanol–water partition coefficient (Wildman–Crippen LogP) is 5.37. The van der Waals surface area contributed by atoms with Gasteiger partial charge in [-0.25, -0.2) is 0 Å². The lowest BCUT2D eigenvalue weighted by molar-refractivity contribution is 0.499. The zero-order chi connectivity index (χ0) is 15.2. The quantitative estimate of drug-likeness (QED) is 0.716. The van der Waals surface area contributed by atoms with Gasteiger partial charge in [0.15, 0.2) is 8.03 Å². The van der Waals surface area contributed by atoms with Crippen molar-refractivity contribution in [2.24, 2.45) is 0 Å². The van der Waals surface area contributed by atoms with Crippen LogP contribution in [-0.2, 0) is 4.57 Å². The molecule has 21 heavy (non-hydrogen) atoms. The average molecular weight is 343 g/mol. The fourth-order valence-corrected chi connectivity index (χ4v) is 3.49. The van der Waals surface area contributed by atoms with E-state index in [1.807, 2.05) is 48.5 Å². The van der Waals surface area contributed by atoms with Crippen LogP contribution in [0.4, 0.5) is 0 Å². The molecule has 0 heterocycles. The first kappa shape index (κ1) is 16.6. The zero-order valence-electron chi connectivity index (χ0n) is 11.4. The standard InChI is InChI=1S/C16H17Cl2O2P/c17-15-9-3-1-6-13(15)12(8-5-11-21(19)20)14-7-2-4-10-16(14)18/h1-4,6-7,9-10,12,21H,5,8,11H2,(H,19,20). The monoisotopic (exact) mass is 342 g/mol. The number of rotatable bonds is 6. The minimum Gasteiger partial charge on any atom is -0.346 e. The first-order valence-electron chi connectivity index (χ1n) is 6.80. The Morgan fingerprint density at radius 1 is 0.952 bits per heavy atom. The molecular weight excluding hydrogens is 326 g/mol. The van der Waals surface area contributed by atoms with Crippen molar-refractivity contribution < 1.29 is 9.46 Å². The molecule has 2 aromatic carbocycles. The zero-order valence-corrected chi connectivity index (χ0v) is 13.9. The topological polar surface area (TPSA) is 37.3 Å². The van der Waals surface area contributed by atoms with E-state index in [2.05, 4.69) is 0 Å². The van der Waals surface area contributed by atoms with Gasteiger partial charge in [0.2, 0.25) is 0 Å². The summed E-state index contributed by atoms with van der Waals surface area (Å²) in [7, 11) is -2.43. The highest BCUT2D eigenvalue weighted by Crippen LogP contribution is 2.37. The van der Waals surface area contributed by atoms with Gasteiger partial charge in [0.25, 0.3) is 0 Å². The molecule has 0 spiro atoms. The summed E-state index contributed by atoms with van der Waals surface area (Å²) in [5.74, 6) is 0.0359. The molecule has 1 unspecified atom stereocenters. The van der Waals surface area contributed by atoms with Crippen LogP contribution in [0.3, 0.4) is 0 Å². The van der Waals surface area contributed by atoms with Gasteiger partial charge in [0.1, 0.15) is 0 Å². The number of halogens is 2. The van der Waals surface area contributed by atoms with E-state index < -0.39 is 8.03 Å². The van der Waals surface area contributed by atoms with Crippen LogP contribution in [0.25, 0.3) is 0 Å². The second-order valence-electron chi connectivity index (χ2n) is 4.88. The van der Waals surface area contributed by atoms with E-state index >= 15 is 0 Å². The molecule has 0 aromatic heterocycles. The number of hydrogen-bond donors (Lipinski definition) is 1. The number of benzene rings is 2. The van der Waals surface area contributed by atoms with Gasteiger partial charge in [-0.2, -0.15) is 0 Å². The Morgan fingerprint density at radius 2 is 1.43 bits per heavy atom. The molecule has 0 saturated carbocycles. The van der Waals surface area contributed by atoms with Crippen molar-refractivity contribution in [1.82, 2.24) is 0 Å². The SMILES string of the molecule is O=[PH](O)CCCC(c1ccccc1Cl)c1ccccc1Cl. The second-order valence-corrected chi connectivity index (χ2v) is 6.98. The first-order valence-corrected chi connectivity index (χ1v) is 9.12. The van der Waals surface area contributed by atoms with Crippen molar-refractivity contribution in [3.8, 4) is 0 Å². The molecule has 0 aliphatic heterocycles. The third-order valence-electron chi connectivity index (χ3n) is 3.44. The minimum atomic E-state index is -2.43. The normalized spacial score (nSPS) is 12.6. The van der Waals surface area contributed by atoms with Gasteiger partial charge in [-0.1, -0.05) is 59.6 Å². The third-order valence-corrected chi connectivity index (χ3v) is 4.91. The summed E-state index contributed by atoms with van der Waals surface area (Å²) in [5, 5.41) is 1.39. The van der Waals surface area contributed by atoms with E-state index in [1.165, 1.54) is 0 Å². The van der Waals surface area contributed by atoms with E-state index in [1.54, 1.807) is 0 Å². The first-order chi connectivity index (χ1) is 10.1. The highest BCUT2D eigenvalue weighted by atomic mass is 35.5. The van der Waals surface area contributed by atoms with Gasteiger partial charge in [0.05, 0.1) is 0 Å². The van der Waals surface area contributed by atoms with E-state index in [4.69, 9.17) is 28.1 Å². The molecular formula is C16H17Cl2O2P. The molecule has 1 N–H and O–H groups in total. The van der Waals surface area contributed by atoms with Crippen molar-refractivity contribution in [2.75, 3.05) is 6.16 Å². The van der Waals surface area contributed by atoms with Crippen molar-refractivity contribution in [3.63, 3.8) is 0 Å². The van der Waals surface area contributed by atoms with Gasteiger partial charge in [0, 0.05) is 22.1 Å². The molecule has 0 saturated heterocycles. The molecule has 0 aliphatic carbocycles. The third kappa shape index (κ3) is 4.59. The Kier molecular flexibility index (Phi) is 6.32. The fourth-order valence-electron chi connectivity index (χ4n) is 2.45. The minimum absolute atomic E-state index is 0.0359. The molecule has 0 radical (unpaired) electrons. The predicted molar refractivity (Wildman–Crippen MR) is 90.1 cm³/mol. The van der Waals surface area contributed by atoms with Crippen molar-refractivity contribution in [3.05, 3.63) is 69.7 Å². The molecule has 0 bridgehead atoms. The van der Waals surface area contributed by atoms with Gasteiger partial charge in [-0.05, 0) is 36.1 Å². The van der Waals surface area contributed by atoms with Crippen molar-refractivity contribution >= 4 is 31.2 Å². The summed E-state index contributed by atoms with van der Waals surface area (Å²) in [6.45, 7) is 0.